The van der Waals surface area contributed by atoms with Crippen molar-refractivity contribution in [3.63, 3.8) is 0 Å². The number of thiophene rings is 1. The number of carbonyl (C=O) groups is 1. The number of carbonyl (C=O) groups excluding carboxylic acids is 1. The highest BCUT2D eigenvalue weighted by molar-refractivity contribution is 7.07. The fourth-order valence-corrected chi connectivity index (χ4v) is 2.19. The lowest BCUT2D eigenvalue weighted by Crippen LogP contribution is -1.99. The van der Waals surface area contributed by atoms with Gasteiger partial charge in [0.25, 0.3) is 0 Å². The Morgan fingerprint density at radius 1 is 1.50 bits per heavy atom. The average molecular weight is 261 g/mol. The third-order valence-corrected chi connectivity index (χ3v) is 3.35. The van der Waals surface area contributed by atoms with Crippen molar-refractivity contribution in [2.24, 2.45) is 0 Å². The molecule has 0 saturated heterocycles. The van der Waals surface area contributed by atoms with Crippen molar-refractivity contribution in [2.45, 2.75) is 20.5 Å². The normalized spacial score (nSPS) is 10.3. The maximum Gasteiger partial charge on any atom is 0.163 e. The third-order valence-electron chi connectivity index (χ3n) is 2.68. The van der Waals surface area contributed by atoms with Gasteiger partial charge in [-0.1, -0.05) is 0 Å². The lowest BCUT2D eigenvalue weighted by molar-refractivity contribution is 0.101. The van der Waals surface area contributed by atoms with Gasteiger partial charge in [-0.25, -0.2) is 0 Å². The molecule has 0 aliphatic heterocycles. The molecule has 1 aromatic heterocycles. The molecule has 0 amide bonds. The van der Waals surface area contributed by atoms with Crippen LogP contribution < -0.4 is 4.74 Å². The van der Waals surface area contributed by atoms with Crippen LogP contribution in [0.25, 0.3) is 0 Å². The van der Waals surface area contributed by atoms with Gasteiger partial charge in [0.2, 0.25) is 0 Å². The minimum Gasteiger partial charge on any atom is -0.507 e. The number of ether oxygens (including phenoxy) is 1. The van der Waals surface area contributed by atoms with E-state index < -0.39 is 0 Å². The van der Waals surface area contributed by atoms with E-state index >= 15 is 0 Å². The SMILES string of the molecule is CC(=O)c1ccc(OCc2c[c]sc2)c(C)c1O. The molecule has 0 aliphatic carbocycles. The van der Waals surface area contributed by atoms with E-state index in [1.54, 1.807) is 19.1 Å². The van der Waals surface area contributed by atoms with Crippen LogP contribution in [0.4, 0.5) is 0 Å². The van der Waals surface area contributed by atoms with Crippen LogP contribution in [-0.2, 0) is 6.61 Å². The van der Waals surface area contributed by atoms with Crippen LogP contribution in [0.15, 0.2) is 23.6 Å². The number of Topliss-reactive ketones (excluding diaryl/α,β-unsaturated/α-hetero) is 1. The maximum absolute atomic E-state index is 11.3. The van der Waals surface area contributed by atoms with E-state index in [0.717, 1.165) is 5.56 Å². The molecular formula is C14H13O3S. The van der Waals surface area contributed by atoms with Crippen LogP contribution in [0.2, 0.25) is 0 Å². The fraction of sp³-hybridized carbons (Fsp3) is 0.214. The highest BCUT2D eigenvalue weighted by atomic mass is 32.1. The van der Waals surface area contributed by atoms with E-state index in [4.69, 9.17) is 4.74 Å². The number of benzene rings is 1. The van der Waals surface area contributed by atoms with Crippen molar-refractivity contribution in [3.05, 3.63) is 45.6 Å². The molecule has 1 radical (unpaired) electrons. The fourth-order valence-electron chi connectivity index (χ4n) is 1.61. The average Bonchev–Trinajstić information content (AvgIpc) is 2.83. The Kier molecular flexibility index (Phi) is 3.67. The molecule has 0 fully saturated rings. The Hall–Kier alpha value is -1.81. The summed E-state index contributed by atoms with van der Waals surface area (Å²) in [7, 11) is 0. The van der Waals surface area contributed by atoms with Crippen LogP contribution in [-0.4, -0.2) is 10.9 Å². The van der Waals surface area contributed by atoms with Crippen molar-refractivity contribution >= 4 is 17.1 Å². The van der Waals surface area contributed by atoms with Gasteiger partial charge in [-0.2, -0.15) is 0 Å². The Morgan fingerprint density at radius 3 is 2.89 bits per heavy atom. The van der Waals surface area contributed by atoms with Gasteiger partial charge in [-0.3, -0.25) is 4.79 Å². The van der Waals surface area contributed by atoms with Crippen LogP contribution in [0.1, 0.15) is 28.4 Å². The molecule has 2 rings (SSSR count). The summed E-state index contributed by atoms with van der Waals surface area (Å²) in [5, 5.41) is 14.8. The molecule has 1 aromatic carbocycles. The van der Waals surface area contributed by atoms with E-state index in [9.17, 15) is 9.90 Å². The monoisotopic (exact) mass is 261 g/mol. The van der Waals surface area contributed by atoms with Crippen molar-refractivity contribution in [1.82, 2.24) is 0 Å². The quantitative estimate of drug-likeness (QED) is 0.858. The van der Waals surface area contributed by atoms with Gasteiger partial charge < -0.3 is 9.84 Å². The largest absolute Gasteiger partial charge is 0.507 e. The summed E-state index contributed by atoms with van der Waals surface area (Å²) in [4.78, 5) is 11.3. The number of hydrogen-bond acceptors (Lipinski definition) is 4. The zero-order valence-corrected chi connectivity index (χ0v) is 11.0. The standard InChI is InChI=1S/C14H13O3S/c1-9-13(17-7-11-5-6-18-8-11)4-3-12(10(2)15)14(9)16/h3-5,8,16H,7H2,1-2H3. The molecule has 93 valence electrons. The number of ketones is 1. The van der Waals surface area contributed by atoms with Crippen molar-refractivity contribution in [1.29, 1.82) is 0 Å². The molecular weight excluding hydrogens is 248 g/mol. The molecule has 0 atom stereocenters. The zero-order valence-electron chi connectivity index (χ0n) is 10.2. The van der Waals surface area contributed by atoms with Crippen LogP contribution in [0.5, 0.6) is 11.5 Å². The van der Waals surface area contributed by atoms with Gasteiger partial charge in [-0.05, 0) is 37.4 Å². The Bertz CT molecular complexity index is 559. The van der Waals surface area contributed by atoms with Gasteiger partial charge in [-0.15, -0.1) is 11.3 Å². The molecule has 4 heteroatoms. The number of rotatable bonds is 4. The molecule has 3 nitrogen and oxygen atoms in total. The second kappa shape index (κ2) is 5.23. The van der Waals surface area contributed by atoms with Gasteiger partial charge in [0, 0.05) is 16.5 Å². The summed E-state index contributed by atoms with van der Waals surface area (Å²) >= 11 is 1.49. The molecule has 0 unspecified atom stereocenters. The first kappa shape index (κ1) is 12.6. The van der Waals surface area contributed by atoms with Crippen LogP contribution >= 0.6 is 11.3 Å². The molecule has 0 aliphatic rings. The summed E-state index contributed by atoms with van der Waals surface area (Å²) in [5.41, 5.74) is 1.94. The summed E-state index contributed by atoms with van der Waals surface area (Å²) in [6, 6.07) is 5.16. The van der Waals surface area contributed by atoms with Gasteiger partial charge in [0.05, 0.1) is 5.56 Å². The van der Waals surface area contributed by atoms with Crippen LogP contribution in [0.3, 0.4) is 0 Å². The van der Waals surface area contributed by atoms with Crippen molar-refractivity contribution < 1.29 is 14.6 Å². The van der Waals surface area contributed by atoms with E-state index in [1.807, 2.05) is 11.4 Å². The second-order valence-corrected chi connectivity index (χ2v) is 4.71. The molecule has 1 N–H and O–H groups in total. The Morgan fingerprint density at radius 2 is 2.28 bits per heavy atom. The van der Waals surface area contributed by atoms with Gasteiger partial charge in [0.1, 0.15) is 18.1 Å². The molecule has 0 bridgehead atoms. The molecule has 0 spiro atoms. The summed E-state index contributed by atoms with van der Waals surface area (Å²) in [6.45, 7) is 3.59. The number of phenolic OH excluding ortho intramolecular Hbond substituents is 1. The van der Waals surface area contributed by atoms with Crippen molar-refractivity contribution in [2.75, 3.05) is 0 Å². The van der Waals surface area contributed by atoms with E-state index in [-0.39, 0.29) is 11.5 Å². The third kappa shape index (κ3) is 2.54. The number of aromatic hydroxyl groups is 1. The molecule has 18 heavy (non-hydrogen) atoms. The Labute approximate surface area is 110 Å². The highest BCUT2D eigenvalue weighted by Crippen LogP contribution is 2.31. The molecule has 0 saturated carbocycles. The van der Waals surface area contributed by atoms with E-state index in [2.05, 4.69) is 5.38 Å². The predicted molar refractivity (Wildman–Crippen MR) is 70.3 cm³/mol. The lowest BCUT2D eigenvalue weighted by Gasteiger charge is -2.11. The first-order chi connectivity index (χ1) is 8.59. The summed E-state index contributed by atoms with van der Waals surface area (Å²) in [5.74, 6) is 0.426. The van der Waals surface area contributed by atoms with Gasteiger partial charge in [0.15, 0.2) is 5.78 Å². The topological polar surface area (TPSA) is 46.5 Å². The highest BCUT2D eigenvalue weighted by Gasteiger charge is 2.13. The van der Waals surface area contributed by atoms with Gasteiger partial charge >= 0.3 is 0 Å². The minimum atomic E-state index is -0.158. The number of hydrogen-bond donors (Lipinski definition) is 1. The maximum atomic E-state index is 11.3. The number of phenols is 1. The van der Waals surface area contributed by atoms with Crippen molar-refractivity contribution in [3.8, 4) is 11.5 Å². The second-order valence-electron chi connectivity index (χ2n) is 4.00. The lowest BCUT2D eigenvalue weighted by atomic mass is 10.1. The molecule has 2 aromatic rings. The predicted octanol–water partition coefficient (Wildman–Crippen LogP) is 3.34. The smallest absolute Gasteiger partial charge is 0.163 e. The minimum absolute atomic E-state index is 0.00289. The summed E-state index contributed by atoms with van der Waals surface area (Å²) < 4.78 is 5.61. The Balaban J connectivity index is 2.19. The molecule has 1 heterocycles. The van der Waals surface area contributed by atoms with E-state index in [0.29, 0.717) is 23.5 Å². The first-order valence-electron chi connectivity index (χ1n) is 5.49. The first-order valence-corrected chi connectivity index (χ1v) is 6.37. The summed E-state index contributed by atoms with van der Waals surface area (Å²) in [6.07, 6.45) is 0. The van der Waals surface area contributed by atoms with Crippen LogP contribution in [0, 0.1) is 12.3 Å². The zero-order chi connectivity index (χ0) is 13.1. The van der Waals surface area contributed by atoms with E-state index in [1.165, 1.54) is 18.3 Å².